The monoisotopic (exact) mass is 347 g/mol. The summed E-state index contributed by atoms with van der Waals surface area (Å²) in [6.45, 7) is 4.02. The first-order chi connectivity index (χ1) is 11.5. The second-order valence-corrected chi connectivity index (χ2v) is 6.30. The molecule has 0 aliphatic carbocycles. The molecule has 0 unspecified atom stereocenters. The van der Waals surface area contributed by atoms with Crippen molar-refractivity contribution in [3.05, 3.63) is 58.9 Å². The number of carbonyl (C=O) groups is 1. The average molecular weight is 348 g/mol. The summed E-state index contributed by atoms with van der Waals surface area (Å²) in [5, 5.41) is 2.79. The third-order valence-electron chi connectivity index (χ3n) is 4.18. The van der Waals surface area contributed by atoms with Crippen LogP contribution in [0.15, 0.2) is 42.5 Å². The fourth-order valence-corrected chi connectivity index (χ4v) is 2.98. The molecule has 126 valence electrons. The molecule has 0 radical (unpaired) electrons. The highest BCUT2D eigenvalue weighted by atomic mass is 35.5. The van der Waals surface area contributed by atoms with Gasteiger partial charge in [-0.3, -0.25) is 4.79 Å². The van der Waals surface area contributed by atoms with E-state index in [1.54, 1.807) is 0 Å². The zero-order valence-electron chi connectivity index (χ0n) is 13.4. The van der Waals surface area contributed by atoms with Crippen molar-refractivity contribution >= 4 is 28.9 Å². The minimum Gasteiger partial charge on any atom is -0.369 e. The molecule has 2 aromatic carbocycles. The third kappa shape index (κ3) is 3.68. The Kier molecular flexibility index (Phi) is 5.02. The van der Waals surface area contributed by atoms with Gasteiger partial charge in [0.05, 0.1) is 10.6 Å². The number of benzene rings is 2. The maximum Gasteiger partial charge on any atom is 0.260 e. The minimum atomic E-state index is -0.631. The average Bonchev–Trinajstić information content (AvgIpc) is 2.56. The Balaban J connectivity index is 1.69. The molecule has 0 spiro atoms. The standard InChI is InChI=1S/C18H19ClFN3O/c1-22-9-11-23(12-10-22)14-7-5-13(6-8-14)21-18(24)17-15(19)3-2-4-16(17)20/h2-8H,9-12H2,1H3,(H,21,24). The summed E-state index contributed by atoms with van der Waals surface area (Å²) >= 11 is 5.92. The van der Waals surface area contributed by atoms with Gasteiger partial charge in [0.2, 0.25) is 0 Å². The summed E-state index contributed by atoms with van der Waals surface area (Å²) in [4.78, 5) is 16.8. The summed E-state index contributed by atoms with van der Waals surface area (Å²) < 4.78 is 13.8. The summed E-state index contributed by atoms with van der Waals surface area (Å²) in [5.74, 6) is -1.18. The Hall–Kier alpha value is -2.11. The van der Waals surface area contributed by atoms with Crippen LogP contribution in [0, 0.1) is 5.82 Å². The molecule has 1 amide bonds. The predicted molar refractivity (Wildman–Crippen MR) is 95.5 cm³/mol. The molecule has 1 aliphatic heterocycles. The van der Waals surface area contributed by atoms with Gasteiger partial charge in [-0.1, -0.05) is 17.7 Å². The fourth-order valence-electron chi connectivity index (χ4n) is 2.73. The molecule has 0 aromatic heterocycles. The number of nitrogens with zero attached hydrogens (tertiary/aromatic N) is 2. The maximum absolute atomic E-state index is 13.8. The zero-order chi connectivity index (χ0) is 17.1. The minimum absolute atomic E-state index is 0.0987. The van der Waals surface area contributed by atoms with Crippen LogP contribution in [0.3, 0.4) is 0 Å². The lowest BCUT2D eigenvalue weighted by Crippen LogP contribution is -2.44. The van der Waals surface area contributed by atoms with Crippen LogP contribution in [0.4, 0.5) is 15.8 Å². The van der Waals surface area contributed by atoms with Crippen LogP contribution in [0.1, 0.15) is 10.4 Å². The second kappa shape index (κ2) is 7.20. The quantitative estimate of drug-likeness (QED) is 0.923. The number of carbonyl (C=O) groups excluding carboxylic acids is 1. The lowest BCUT2D eigenvalue weighted by atomic mass is 10.2. The first-order valence-corrected chi connectivity index (χ1v) is 8.21. The zero-order valence-corrected chi connectivity index (χ0v) is 14.2. The van der Waals surface area contributed by atoms with E-state index in [9.17, 15) is 9.18 Å². The Morgan fingerprint density at radius 2 is 1.75 bits per heavy atom. The number of hydrogen-bond acceptors (Lipinski definition) is 3. The molecule has 24 heavy (non-hydrogen) atoms. The number of piperazine rings is 1. The molecule has 1 saturated heterocycles. The number of likely N-dealkylation sites (N-methyl/N-ethyl adjacent to an activating group) is 1. The van der Waals surface area contributed by atoms with Crippen molar-refractivity contribution in [3.8, 4) is 0 Å². The number of rotatable bonds is 3. The van der Waals surface area contributed by atoms with E-state index in [4.69, 9.17) is 11.6 Å². The normalized spacial score (nSPS) is 15.4. The number of nitrogens with one attached hydrogen (secondary N) is 1. The molecule has 4 nitrogen and oxygen atoms in total. The first kappa shape index (κ1) is 16.7. The summed E-state index contributed by atoms with van der Waals surface area (Å²) in [6, 6.07) is 11.8. The molecule has 1 N–H and O–H groups in total. The smallest absolute Gasteiger partial charge is 0.260 e. The van der Waals surface area contributed by atoms with Gasteiger partial charge in [-0.2, -0.15) is 0 Å². The van der Waals surface area contributed by atoms with Crippen molar-refractivity contribution in [1.82, 2.24) is 4.90 Å². The predicted octanol–water partition coefficient (Wildman–Crippen LogP) is 3.48. The van der Waals surface area contributed by atoms with Gasteiger partial charge in [0, 0.05) is 37.6 Å². The lowest BCUT2D eigenvalue weighted by molar-refractivity contribution is 0.102. The Bertz CT molecular complexity index is 707. The van der Waals surface area contributed by atoms with Gasteiger partial charge in [0.15, 0.2) is 0 Å². The largest absolute Gasteiger partial charge is 0.369 e. The lowest BCUT2D eigenvalue weighted by Gasteiger charge is -2.34. The molecule has 3 rings (SSSR count). The van der Waals surface area contributed by atoms with Gasteiger partial charge in [0.25, 0.3) is 5.91 Å². The van der Waals surface area contributed by atoms with Crippen molar-refractivity contribution in [2.75, 3.05) is 43.4 Å². The molecule has 1 aliphatic rings. The van der Waals surface area contributed by atoms with Crippen LogP contribution in [0.25, 0.3) is 0 Å². The molecule has 1 heterocycles. The molecule has 0 saturated carbocycles. The van der Waals surface area contributed by atoms with Crippen molar-refractivity contribution in [1.29, 1.82) is 0 Å². The Labute approximate surface area is 145 Å². The topological polar surface area (TPSA) is 35.6 Å². The third-order valence-corrected chi connectivity index (χ3v) is 4.50. The van der Waals surface area contributed by atoms with Crippen LogP contribution in [-0.4, -0.2) is 44.0 Å². The van der Waals surface area contributed by atoms with Crippen LogP contribution < -0.4 is 10.2 Å². The van der Waals surface area contributed by atoms with Crippen molar-refractivity contribution in [3.63, 3.8) is 0 Å². The molecule has 6 heteroatoms. The second-order valence-electron chi connectivity index (χ2n) is 5.89. The van der Waals surface area contributed by atoms with Crippen LogP contribution >= 0.6 is 11.6 Å². The van der Waals surface area contributed by atoms with E-state index in [1.165, 1.54) is 18.2 Å². The van der Waals surface area contributed by atoms with Gasteiger partial charge in [-0.15, -0.1) is 0 Å². The van der Waals surface area contributed by atoms with Crippen molar-refractivity contribution < 1.29 is 9.18 Å². The number of amides is 1. The SMILES string of the molecule is CN1CCN(c2ccc(NC(=O)c3c(F)cccc3Cl)cc2)CC1. The maximum atomic E-state index is 13.8. The highest BCUT2D eigenvalue weighted by Gasteiger charge is 2.17. The van der Waals surface area contributed by atoms with Crippen LogP contribution in [0.2, 0.25) is 5.02 Å². The van der Waals surface area contributed by atoms with E-state index >= 15 is 0 Å². The van der Waals surface area contributed by atoms with Gasteiger partial charge in [-0.25, -0.2) is 4.39 Å². The molecule has 1 fully saturated rings. The first-order valence-electron chi connectivity index (χ1n) is 7.83. The van der Waals surface area contributed by atoms with E-state index in [0.29, 0.717) is 5.69 Å². The molecule has 2 aromatic rings. The van der Waals surface area contributed by atoms with Gasteiger partial charge in [-0.05, 0) is 43.4 Å². The number of halogens is 2. The van der Waals surface area contributed by atoms with Crippen LogP contribution in [0.5, 0.6) is 0 Å². The summed E-state index contributed by atoms with van der Waals surface area (Å²) in [6.07, 6.45) is 0. The van der Waals surface area contributed by atoms with E-state index in [-0.39, 0.29) is 10.6 Å². The summed E-state index contributed by atoms with van der Waals surface area (Å²) in [5.41, 5.74) is 1.59. The number of anilines is 2. The highest BCUT2D eigenvalue weighted by molar-refractivity contribution is 6.34. The van der Waals surface area contributed by atoms with Gasteiger partial charge in [0.1, 0.15) is 5.82 Å². The summed E-state index contributed by atoms with van der Waals surface area (Å²) in [7, 11) is 2.11. The molecular formula is C18H19ClFN3O. The molecule has 0 atom stereocenters. The van der Waals surface area contributed by atoms with Crippen molar-refractivity contribution in [2.24, 2.45) is 0 Å². The van der Waals surface area contributed by atoms with Crippen LogP contribution in [-0.2, 0) is 0 Å². The van der Waals surface area contributed by atoms with Gasteiger partial charge < -0.3 is 15.1 Å². The fraction of sp³-hybridized carbons (Fsp3) is 0.278. The van der Waals surface area contributed by atoms with E-state index in [2.05, 4.69) is 22.2 Å². The van der Waals surface area contributed by atoms with E-state index in [0.717, 1.165) is 31.9 Å². The van der Waals surface area contributed by atoms with E-state index < -0.39 is 11.7 Å². The molecule has 0 bridgehead atoms. The Morgan fingerprint density at radius 1 is 1.08 bits per heavy atom. The van der Waals surface area contributed by atoms with Crippen molar-refractivity contribution in [2.45, 2.75) is 0 Å². The number of hydrogen-bond donors (Lipinski definition) is 1. The highest BCUT2D eigenvalue weighted by Crippen LogP contribution is 2.22. The van der Waals surface area contributed by atoms with Gasteiger partial charge >= 0.3 is 0 Å². The Morgan fingerprint density at radius 3 is 2.38 bits per heavy atom. The van der Waals surface area contributed by atoms with E-state index in [1.807, 2.05) is 24.3 Å². The molecular weight excluding hydrogens is 329 g/mol.